The number of hydrogen-bond donors (Lipinski definition) is 1. The van der Waals surface area contributed by atoms with E-state index >= 15 is 0 Å². The minimum absolute atomic E-state index is 0.0132. The Morgan fingerprint density at radius 2 is 1.94 bits per heavy atom. The third-order valence-corrected chi connectivity index (χ3v) is 6.89. The van der Waals surface area contributed by atoms with Crippen LogP contribution in [0.3, 0.4) is 0 Å². The maximum absolute atomic E-state index is 12.8. The van der Waals surface area contributed by atoms with Crippen molar-refractivity contribution >= 4 is 51.9 Å². The van der Waals surface area contributed by atoms with E-state index in [1.54, 1.807) is 4.90 Å². The van der Waals surface area contributed by atoms with Gasteiger partial charge < -0.3 is 14.8 Å². The van der Waals surface area contributed by atoms with E-state index in [9.17, 15) is 9.59 Å². The van der Waals surface area contributed by atoms with Crippen molar-refractivity contribution < 1.29 is 19.1 Å². The number of carbonyl (C=O) groups is 2. The number of unbranched alkanes of at least 4 members (excludes halogenated alkanes) is 2. The van der Waals surface area contributed by atoms with E-state index in [1.807, 2.05) is 50.3 Å². The quantitative estimate of drug-likeness (QED) is 0.307. The number of ether oxygens (including phenoxy) is 2. The Hall–Kier alpha value is -2.84. The number of nitrogens with one attached hydrogen (secondary N) is 1. The van der Waals surface area contributed by atoms with E-state index in [2.05, 4.69) is 11.4 Å². The number of thiocarbonyl (C=S) groups is 1. The number of thioether (sulfide) groups is 1. The molecule has 1 fully saturated rings. The molecule has 2 aliphatic heterocycles. The summed E-state index contributed by atoms with van der Waals surface area (Å²) < 4.78 is 11.3. The molecule has 2 aliphatic rings. The van der Waals surface area contributed by atoms with Crippen molar-refractivity contribution in [2.75, 3.05) is 18.7 Å². The Bertz CT molecular complexity index is 1130. The van der Waals surface area contributed by atoms with E-state index in [0.29, 0.717) is 33.7 Å². The van der Waals surface area contributed by atoms with Crippen LogP contribution >= 0.6 is 24.0 Å². The summed E-state index contributed by atoms with van der Waals surface area (Å²) in [5.74, 6) is 1.33. The standard InChI is InChI=1S/C25H26N2O4S2/c1-16-7-9-19(17(2)12-16)26-23(28)6-4-3-5-11-27-24(29)22(33-25(27)32)14-18-8-10-20-21(13-18)31-15-30-20/h7-10,12-14H,3-6,11,15H2,1-2H3,(H,26,28). The number of nitrogens with zero attached hydrogens (tertiary/aromatic N) is 1. The van der Waals surface area contributed by atoms with Crippen LogP contribution in [0.2, 0.25) is 0 Å². The van der Waals surface area contributed by atoms with Gasteiger partial charge in [-0.25, -0.2) is 0 Å². The summed E-state index contributed by atoms with van der Waals surface area (Å²) in [6, 6.07) is 11.6. The third-order valence-electron chi connectivity index (χ3n) is 5.51. The lowest BCUT2D eigenvalue weighted by atomic mass is 10.1. The average molecular weight is 483 g/mol. The molecule has 6 nitrogen and oxygen atoms in total. The van der Waals surface area contributed by atoms with Gasteiger partial charge in [-0.2, -0.15) is 0 Å². The molecule has 0 unspecified atom stereocenters. The fourth-order valence-electron chi connectivity index (χ4n) is 3.75. The Balaban J connectivity index is 1.22. The minimum Gasteiger partial charge on any atom is -0.454 e. The number of fused-ring (bicyclic) bond motifs is 1. The maximum atomic E-state index is 12.8. The molecule has 2 aromatic rings. The number of carbonyl (C=O) groups excluding carboxylic acids is 2. The smallest absolute Gasteiger partial charge is 0.266 e. The zero-order valence-electron chi connectivity index (χ0n) is 18.7. The van der Waals surface area contributed by atoms with Gasteiger partial charge in [0, 0.05) is 18.7 Å². The Labute approximate surface area is 203 Å². The number of amides is 2. The minimum atomic E-state index is -0.0738. The zero-order valence-corrected chi connectivity index (χ0v) is 20.3. The molecule has 0 spiro atoms. The Morgan fingerprint density at radius 1 is 1.12 bits per heavy atom. The van der Waals surface area contributed by atoms with Gasteiger partial charge in [0.1, 0.15) is 4.32 Å². The van der Waals surface area contributed by atoms with Crippen LogP contribution in [0, 0.1) is 13.8 Å². The van der Waals surface area contributed by atoms with Gasteiger partial charge in [-0.1, -0.05) is 54.2 Å². The maximum Gasteiger partial charge on any atom is 0.266 e. The van der Waals surface area contributed by atoms with Crippen molar-refractivity contribution in [3.63, 3.8) is 0 Å². The lowest BCUT2D eigenvalue weighted by Gasteiger charge is -2.14. The van der Waals surface area contributed by atoms with Crippen LogP contribution in [0.25, 0.3) is 6.08 Å². The summed E-state index contributed by atoms with van der Waals surface area (Å²) in [4.78, 5) is 27.3. The van der Waals surface area contributed by atoms with E-state index < -0.39 is 0 Å². The first kappa shape index (κ1) is 23.3. The highest BCUT2D eigenvalue weighted by atomic mass is 32.2. The fourth-order valence-corrected chi connectivity index (χ4v) is 5.05. The van der Waals surface area contributed by atoms with Crippen LogP contribution in [0.5, 0.6) is 11.5 Å². The fraction of sp³-hybridized carbons (Fsp3) is 0.320. The molecule has 0 aliphatic carbocycles. The largest absolute Gasteiger partial charge is 0.454 e. The number of hydrogen-bond acceptors (Lipinski definition) is 6. The van der Waals surface area contributed by atoms with Crippen molar-refractivity contribution in [3.8, 4) is 11.5 Å². The van der Waals surface area contributed by atoms with Crippen LogP contribution in [-0.4, -0.2) is 34.4 Å². The highest BCUT2D eigenvalue weighted by molar-refractivity contribution is 8.26. The van der Waals surface area contributed by atoms with E-state index in [1.165, 1.54) is 17.3 Å². The van der Waals surface area contributed by atoms with Gasteiger partial charge in [0.2, 0.25) is 12.7 Å². The number of aryl methyl sites for hydroxylation is 2. The second kappa shape index (κ2) is 10.4. The van der Waals surface area contributed by atoms with Gasteiger partial charge in [0.25, 0.3) is 5.91 Å². The van der Waals surface area contributed by atoms with Crippen LogP contribution in [0.15, 0.2) is 41.3 Å². The molecule has 1 saturated heterocycles. The highest BCUT2D eigenvalue weighted by Gasteiger charge is 2.31. The molecule has 4 rings (SSSR count). The van der Waals surface area contributed by atoms with Crippen molar-refractivity contribution in [1.29, 1.82) is 0 Å². The molecule has 0 radical (unpaired) electrons. The van der Waals surface area contributed by atoms with Crippen LogP contribution < -0.4 is 14.8 Å². The molecule has 0 atom stereocenters. The number of benzene rings is 2. The summed E-state index contributed by atoms with van der Waals surface area (Å²) in [6.07, 6.45) is 4.69. The zero-order chi connectivity index (χ0) is 23.4. The molecule has 33 heavy (non-hydrogen) atoms. The van der Waals surface area contributed by atoms with Gasteiger partial charge in [0.05, 0.1) is 4.91 Å². The second-order valence-corrected chi connectivity index (χ2v) is 9.80. The monoisotopic (exact) mass is 482 g/mol. The van der Waals surface area contributed by atoms with Gasteiger partial charge in [-0.05, 0) is 62.1 Å². The second-order valence-electron chi connectivity index (χ2n) is 8.12. The van der Waals surface area contributed by atoms with Crippen molar-refractivity contribution in [1.82, 2.24) is 4.90 Å². The number of anilines is 1. The lowest BCUT2D eigenvalue weighted by Crippen LogP contribution is -2.29. The first-order valence-electron chi connectivity index (χ1n) is 10.9. The summed E-state index contributed by atoms with van der Waals surface area (Å²) >= 11 is 6.74. The first-order chi connectivity index (χ1) is 15.9. The van der Waals surface area contributed by atoms with E-state index in [-0.39, 0.29) is 18.6 Å². The lowest BCUT2D eigenvalue weighted by molar-refractivity contribution is -0.122. The van der Waals surface area contributed by atoms with Crippen LogP contribution in [0.4, 0.5) is 5.69 Å². The molecule has 2 amide bonds. The molecule has 0 bridgehead atoms. The first-order valence-corrected chi connectivity index (χ1v) is 12.2. The molecular weight excluding hydrogens is 456 g/mol. The molecule has 2 heterocycles. The third kappa shape index (κ3) is 5.75. The van der Waals surface area contributed by atoms with Crippen molar-refractivity contribution in [2.24, 2.45) is 0 Å². The van der Waals surface area contributed by atoms with Gasteiger partial charge in [-0.15, -0.1) is 0 Å². The molecule has 172 valence electrons. The van der Waals surface area contributed by atoms with Crippen molar-refractivity contribution in [3.05, 3.63) is 58.0 Å². The SMILES string of the molecule is Cc1ccc(NC(=O)CCCCCN2C(=O)C(=Cc3ccc4c(c3)OCO4)SC2=S)c(C)c1. The van der Waals surface area contributed by atoms with Gasteiger partial charge in [0.15, 0.2) is 11.5 Å². The number of rotatable bonds is 8. The van der Waals surface area contributed by atoms with E-state index in [0.717, 1.165) is 36.1 Å². The molecule has 8 heteroatoms. The van der Waals surface area contributed by atoms with Crippen LogP contribution in [-0.2, 0) is 9.59 Å². The molecular formula is C25H26N2O4S2. The Morgan fingerprint density at radius 3 is 2.76 bits per heavy atom. The predicted molar refractivity (Wildman–Crippen MR) is 135 cm³/mol. The predicted octanol–water partition coefficient (Wildman–Crippen LogP) is 5.43. The van der Waals surface area contributed by atoms with Gasteiger partial charge in [-0.3, -0.25) is 14.5 Å². The summed E-state index contributed by atoms with van der Waals surface area (Å²) in [6.45, 7) is 4.80. The molecule has 1 N–H and O–H groups in total. The Kier molecular flexibility index (Phi) is 7.35. The summed E-state index contributed by atoms with van der Waals surface area (Å²) in [7, 11) is 0. The average Bonchev–Trinajstić information content (AvgIpc) is 3.34. The van der Waals surface area contributed by atoms with E-state index in [4.69, 9.17) is 21.7 Å². The van der Waals surface area contributed by atoms with Gasteiger partial charge >= 0.3 is 0 Å². The molecule has 2 aromatic carbocycles. The molecule has 0 saturated carbocycles. The molecule has 0 aromatic heterocycles. The topological polar surface area (TPSA) is 67.9 Å². The summed E-state index contributed by atoms with van der Waals surface area (Å²) in [5, 5.41) is 2.98. The van der Waals surface area contributed by atoms with Crippen molar-refractivity contribution in [2.45, 2.75) is 39.5 Å². The highest BCUT2D eigenvalue weighted by Crippen LogP contribution is 2.36. The van der Waals surface area contributed by atoms with Crippen LogP contribution in [0.1, 0.15) is 42.4 Å². The normalized spacial score (nSPS) is 16.1. The summed E-state index contributed by atoms with van der Waals surface area (Å²) in [5.41, 5.74) is 3.96.